The molecule has 0 aliphatic rings. The zero-order valence-electron chi connectivity index (χ0n) is 41.2. The fourth-order valence-electron chi connectivity index (χ4n) is 7.85. The fourth-order valence-corrected chi connectivity index (χ4v) is 8.37. The summed E-state index contributed by atoms with van der Waals surface area (Å²) in [5.41, 5.74) is 20.3. The van der Waals surface area contributed by atoms with Crippen molar-refractivity contribution < 1.29 is 43.5 Å². The van der Waals surface area contributed by atoms with E-state index in [1.54, 1.807) is 18.3 Å². The number of benzene rings is 3. The number of phenols is 1. The van der Waals surface area contributed by atoms with Gasteiger partial charge in [-0.1, -0.05) is 74.5 Å². The number of H-pyrrole nitrogens is 1. The van der Waals surface area contributed by atoms with Gasteiger partial charge in [0.25, 0.3) is 0 Å². The minimum absolute atomic E-state index is 0.0201. The summed E-state index contributed by atoms with van der Waals surface area (Å²) in [6, 6.07) is 14.6. The van der Waals surface area contributed by atoms with Gasteiger partial charge in [-0.15, -0.1) is 0 Å². The van der Waals surface area contributed by atoms with Gasteiger partial charge in [-0.25, -0.2) is 0 Å². The average molecular weight is 1050 g/mol. The first-order valence-corrected chi connectivity index (χ1v) is 25.6. The van der Waals surface area contributed by atoms with Crippen LogP contribution in [0.25, 0.3) is 10.9 Å². The molecule has 1 heterocycles. The Labute approximate surface area is 436 Å². The highest BCUT2D eigenvalue weighted by Gasteiger charge is 2.33. The summed E-state index contributed by atoms with van der Waals surface area (Å²) in [5.74, 6) is -5.37. The normalized spacial score (nSPS) is 14.1. The molecule has 3 aromatic carbocycles. The molecule has 15 N–H and O–H groups in total. The minimum atomic E-state index is -1.33. The predicted octanol–water partition coefficient (Wildman–Crippen LogP) is 0.554. The molecule has 1 aromatic heterocycles. The number of hydrogen-bond acceptors (Lipinski definition) is 13. The standard InChI is InChI=1S/C51H71N11O9S2/c1-30(2)23-39(45(54)65)59-50(70)42(28-72)57-44(64)16-10-22-55-47(67)38(15-8-9-21-52)58-49(69)41(26-33-27-56-37-14-7-6-13-35(33)37)61-48(68)40(25-32-17-19-34(63)20-18-32)60-51(71)43(29-73)62-46(66)36(53)24-31-11-4-3-5-12-31/h3-7,11-14,17-20,27,30,36,38-43,56,63,72-73H,8-10,15-16,21-26,28-29,52-53H2,1-2H3,(H2,54,65)(H,55,67)(H,57,64)(H,58,69)(H,59,70)(H,60,71)(H,61,68)(H,62,66)/t36-,38+,39+,40+,41-,42-,43-/m1/s1. The molecule has 22 heteroatoms. The molecule has 8 amide bonds. The quantitative estimate of drug-likeness (QED) is 0.0244. The molecule has 0 unspecified atom stereocenters. The highest BCUT2D eigenvalue weighted by molar-refractivity contribution is 7.80. The highest BCUT2D eigenvalue weighted by atomic mass is 32.1. The summed E-state index contributed by atoms with van der Waals surface area (Å²) in [4.78, 5) is 111. The molecule has 0 aliphatic heterocycles. The van der Waals surface area contributed by atoms with E-state index in [-0.39, 0.29) is 68.2 Å². The molecule has 20 nitrogen and oxygen atoms in total. The molecule has 7 atom stereocenters. The summed E-state index contributed by atoms with van der Waals surface area (Å²) >= 11 is 8.51. The lowest BCUT2D eigenvalue weighted by Crippen LogP contribution is -2.60. The minimum Gasteiger partial charge on any atom is -0.508 e. The number of hydrogen-bond donors (Lipinski definition) is 14. The Morgan fingerprint density at radius 2 is 1.15 bits per heavy atom. The van der Waals surface area contributed by atoms with Gasteiger partial charge in [-0.2, -0.15) is 25.3 Å². The van der Waals surface area contributed by atoms with Gasteiger partial charge in [-0.05, 0) is 85.9 Å². The molecule has 0 fully saturated rings. The zero-order valence-corrected chi connectivity index (χ0v) is 43.0. The molecular weight excluding hydrogens is 975 g/mol. The summed E-state index contributed by atoms with van der Waals surface area (Å²) in [7, 11) is 0. The number of aromatic hydroxyl groups is 1. The molecule has 0 bridgehead atoms. The number of thiol groups is 2. The van der Waals surface area contributed by atoms with Gasteiger partial charge in [-0.3, -0.25) is 38.4 Å². The van der Waals surface area contributed by atoms with Crippen LogP contribution in [-0.4, -0.2) is 124 Å². The SMILES string of the molecule is CC(C)C[C@H](NC(=O)[C@@H](CS)NC(=O)CCCNC(=O)[C@H](CCCCN)NC(=O)[C@@H](Cc1c[nH]c2ccccc12)NC(=O)[C@H](Cc1ccc(O)cc1)NC(=O)[C@@H](CS)NC(=O)[C@H](N)Cc1ccccc1)C(N)=O. The third-order valence-electron chi connectivity index (χ3n) is 11.9. The molecule has 73 heavy (non-hydrogen) atoms. The van der Waals surface area contributed by atoms with E-state index < -0.39 is 89.6 Å². The Kier molecular flexibility index (Phi) is 24.6. The highest BCUT2D eigenvalue weighted by Crippen LogP contribution is 2.20. The van der Waals surface area contributed by atoms with Crippen molar-refractivity contribution in [3.05, 3.63) is 102 Å². The topological polar surface area (TPSA) is 335 Å². The number of aromatic amines is 1. The number of rotatable bonds is 31. The molecular formula is C51H71N11O9S2. The van der Waals surface area contributed by atoms with Crippen LogP contribution in [-0.2, 0) is 57.6 Å². The average Bonchev–Trinajstić information content (AvgIpc) is 3.78. The summed E-state index contributed by atoms with van der Waals surface area (Å²) in [6.07, 6.45) is 3.33. The Morgan fingerprint density at radius 3 is 1.77 bits per heavy atom. The van der Waals surface area contributed by atoms with Crippen LogP contribution in [0, 0.1) is 5.92 Å². The van der Waals surface area contributed by atoms with Gasteiger partial charge < -0.3 is 64.5 Å². The van der Waals surface area contributed by atoms with E-state index in [0.29, 0.717) is 36.9 Å². The molecule has 4 rings (SSSR count). The Bertz CT molecular complexity index is 2460. The first-order chi connectivity index (χ1) is 34.9. The first kappa shape index (κ1) is 58.9. The van der Waals surface area contributed by atoms with Gasteiger partial charge >= 0.3 is 0 Å². The van der Waals surface area contributed by atoms with Crippen LogP contribution in [0.4, 0.5) is 0 Å². The number of unbranched alkanes of at least 4 members (excludes halogenated alkanes) is 1. The second kappa shape index (κ2) is 30.4. The number of carbonyl (C=O) groups excluding carboxylic acids is 8. The van der Waals surface area contributed by atoms with Gasteiger partial charge in [0, 0.05) is 54.4 Å². The molecule has 396 valence electrons. The van der Waals surface area contributed by atoms with Crippen molar-refractivity contribution in [2.75, 3.05) is 24.6 Å². The maximum atomic E-state index is 14.5. The van der Waals surface area contributed by atoms with E-state index >= 15 is 0 Å². The second-order valence-corrected chi connectivity index (χ2v) is 19.0. The van der Waals surface area contributed by atoms with Crippen molar-refractivity contribution in [1.29, 1.82) is 0 Å². The van der Waals surface area contributed by atoms with Gasteiger partial charge in [0.2, 0.25) is 47.3 Å². The van der Waals surface area contributed by atoms with Crippen molar-refractivity contribution in [3.63, 3.8) is 0 Å². The van der Waals surface area contributed by atoms with E-state index in [2.05, 4.69) is 67.5 Å². The smallest absolute Gasteiger partial charge is 0.244 e. The Morgan fingerprint density at radius 1 is 0.603 bits per heavy atom. The number of para-hydroxylation sites is 1. The van der Waals surface area contributed by atoms with Crippen molar-refractivity contribution in [3.8, 4) is 5.75 Å². The van der Waals surface area contributed by atoms with Crippen LogP contribution < -0.4 is 54.4 Å². The van der Waals surface area contributed by atoms with Gasteiger partial charge in [0.15, 0.2) is 0 Å². The number of fused-ring (bicyclic) bond motifs is 1. The number of amides is 8. The van der Waals surface area contributed by atoms with Crippen molar-refractivity contribution in [1.82, 2.24) is 42.2 Å². The predicted molar refractivity (Wildman–Crippen MR) is 285 cm³/mol. The molecule has 4 aromatic rings. The van der Waals surface area contributed by atoms with Crippen LogP contribution in [0.15, 0.2) is 85.1 Å². The molecule has 0 radical (unpaired) electrons. The van der Waals surface area contributed by atoms with Crippen LogP contribution in [0.1, 0.15) is 69.1 Å². The summed E-state index contributed by atoms with van der Waals surface area (Å²) in [5, 5.41) is 29.7. The number of aromatic nitrogens is 1. The first-order valence-electron chi connectivity index (χ1n) is 24.3. The van der Waals surface area contributed by atoms with Gasteiger partial charge in [0.1, 0.15) is 42.0 Å². The van der Waals surface area contributed by atoms with Crippen LogP contribution in [0.5, 0.6) is 5.75 Å². The third-order valence-corrected chi connectivity index (χ3v) is 12.6. The number of nitrogens with one attached hydrogen (secondary N) is 8. The lowest BCUT2D eigenvalue weighted by molar-refractivity contribution is -0.134. The maximum Gasteiger partial charge on any atom is 0.244 e. The second-order valence-electron chi connectivity index (χ2n) is 18.2. The van der Waals surface area contributed by atoms with Crippen LogP contribution in [0.2, 0.25) is 0 Å². The van der Waals surface area contributed by atoms with E-state index in [1.165, 1.54) is 12.1 Å². The Balaban J connectivity index is 1.51. The van der Waals surface area contributed by atoms with E-state index in [9.17, 15) is 43.5 Å². The number of nitrogens with two attached hydrogens (primary N) is 3. The molecule has 0 aliphatic carbocycles. The van der Waals surface area contributed by atoms with Crippen molar-refractivity contribution >= 4 is 83.4 Å². The number of phenolic OH excluding ortho intramolecular Hbond substituents is 1. The lowest BCUT2D eigenvalue weighted by atomic mass is 10.0. The number of carbonyl (C=O) groups is 8. The van der Waals surface area contributed by atoms with E-state index in [1.807, 2.05) is 68.4 Å². The number of primary amides is 1. The van der Waals surface area contributed by atoms with Crippen LogP contribution >= 0.6 is 25.3 Å². The monoisotopic (exact) mass is 1050 g/mol. The van der Waals surface area contributed by atoms with Crippen molar-refractivity contribution in [2.24, 2.45) is 23.1 Å². The lowest BCUT2D eigenvalue weighted by Gasteiger charge is -2.27. The van der Waals surface area contributed by atoms with E-state index in [4.69, 9.17) is 17.2 Å². The molecule has 0 saturated heterocycles. The molecule has 0 saturated carbocycles. The van der Waals surface area contributed by atoms with Crippen molar-refractivity contribution in [2.45, 2.75) is 114 Å². The summed E-state index contributed by atoms with van der Waals surface area (Å²) in [6.45, 7) is 4.10. The maximum absolute atomic E-state index is 14.5. The largest absolute Gasteiger partial charge is 0.508 e. The zero-order chi connectivity index (χ0) is 53.5. The fraction of sp³-hybridized carbons (Fsp3) is 0.451. The Hall–Kier alpha value is -6.62. The van der Waals surface area contributed by atoms with Gasteiger partial charge in [0.05, 0.1) is 6.04 Å². The van der Waals surface area contributed by atoms with Crippen LogP contribution in [0.3, 0.4) is 0 Å². The summed E-state index contributed by atoms with van der Waals surface area (Å²) < 4.78 is 0. The van der Waals surface area contributed by atoms with E-state index in [0.717, 1.165) is 16.5 Å². The third kappa shape index (κ3) is 19.7. The molecule has 0 spiro atoms.